The second-order valence-electron chi connectivity index (χ2n) is 3.79. The zero-order chi connectivity index (χ0) is 11.4. The summed E-state index contributed by atoms with van der Waals surface area (Å²) in [4.78, 5) is 13.7. The van der Waals surface area contributed by atoms with Gasteiger partial charge in [0, 0.05) is 25.7 Å². The Balaban J connectivity index is 1.95. The topological polar surface area (TPSA) is 45.5 Å². The number of carbonyl (C=O) groups is 1. The first-order valence-corrected chi connectivity index (χ1v) is 5.54. The van der Waals surface area contributed by atoms with Crippen molar-refractivity contribution in [1.82, 2.24) is 10.2 Å². The van der Waals surface area contributed by atoms with E-state index in [1.807, 2.05) is 17.9 Å². The van der Waals surface area contributed by atoms with E-state index in [0.29, 0.717) is 11.8 Å². The molecule has 0 spiro atoms. The van der Waals surface area contributed by atoms with Crippen LogP contribution < -0.4 is 5.32 Å². The highest BCUT2D eigenvalue weighted by Gasteiger charge is 2.25. The van der Waals surface area contributed by atoms with Crippen molar-refractivity contribution in [3.8, 4) is 0 Å². The normalized spacial score (nSPS) is 16.3. The van der Waals surface area contributed by atoms with E-state index in [-0.39, 0.29) is 5.91 Å². The minimum absolute atomic E-state index is 0.0467. The van der Waals surface area contributed by atoms with E-state index in [1.54, 1.807) is 24.5 Å². The third kappa shape index (κ3) is 2.33. The summed E-state index contributed by atoms with van der Waals surface area (Å²) in [5, 5.41) is 3.16. The lowest BCUT2D eigenvalue weighted by atomic mass is 10.1. The largest absolute Gasteiger partial charge is 0.465 e. The molecule has 4 heteroatoms. The standard InChI is InChI=1S/C12H16N2O2/c1-2-14(10-8-13-9-10)12(15)6-5-11-4-3-7-16-11/h3-7,10,13H,2,8-9H2,1H3. The molecule has 2 heterocycles. The lowest BCUT2D eigenvalue weighted by molar-refractivity contribution is -0.128. The summed E-state index contributed by atoms with van der Waals surface area (Å²) in [7, 11) is 0. The molecule has 1 aromatic heterocycles. The number of nitrogens with zero attached hydrogens (tertiary/aromatic N) is 1. The number of nitrogens with one attached hydrogen (secondary N) is 1. The Labute approximate surface area is 94.9 Å². The minimum Gasteiger partial charge on any atom is -0.465 e. The summed E-state index contributed by atoms with van der Waals surface area (Å²) >= 11 is 0. The molecule has 1 N–H and O–H groups in total. The van der Waals surface area contributed by atoms with Gasteiger partial charge >= 0.3 is 0 Å². The molecule has 16 heavy (non-hydrogen) atoms. The third-order valence-corrected chi connectivity index (χ3v) is 2.76. The first-order valence-electron chi connectivity index (χ1n) is 5.54. The van der Waals surface area contributed by atoms with Gasteiger partial charge in [-0.1, -0.05) is 0 Å². The molecule has 1 aliphatic heterocycles. The van der Waals surface area contributed by atoms with Crippen LogP contribution >= 0.6 is 0 Å². The molecule has 0 radical (unpaired) electrons. The van der Waals surface area contributed by atoms with Gasteiger partial charge in [0.25, 0.3) is 0 Å². The summed E-state index contributed by atoms with van der Waals surface area (Å²) in [5.41, 5.74) is 0. The molecule has 1 aliphatic rings. The SMILES string of the molecule is CCN(C(=O)C=Cc1ccco1)C1CNC1. The van der Waals surface area contributed by atoms with Crippen molar-refractivity contribution in [3.63, 3.8) is 0 Å². The molecule has 2 rings (SSSR count). The van der Waals surface area contributed by atoms with Crippen LogP contribution in [0.25, 0.3) is 6.08 Å². The van der Waals surface area contributed by atoms with E-state index < -0.39 is 0 Å². The van der Waals surface area contributed by atoms with Gasteiger partial charge in [-0.05, 0) is 25.1 Å². The molecule has 1 aromatic rings. The Morgan fingerprint density at radius 1 is 1.69 bits per heavy atom. The highest BCUT2D eigenvalue weighted by Crippen LogP contribution is 2.08. The third-order valence-electron chi connectivity index (χ3n) is 2.76. The Morgan fingerprint density at radius 3 is 3.00 bits per heavy atom. The smallest absolute Gasteiger partial charge is 0.247 e. The highest BCUT2D eigenvalue weighted by atomic mass is 16.3. The zero-order valence-corrected chi connectivity index (χ0v) is 9.35. The molecule has 1 saturated heterocycles. The summed E-state index contributed by atoms with van der Waals surface area (Å²) < 4.78 is 5.13. The average molecular weight is 220 g/mol. The van der Waals surface area contributed by atoms with Crippen molar-refractivity contribution < 1.29 is 9.21 Å². The average Bonchev–Trinajstić information content (AvgIpc) is 2.72. The van der Waals surface area contributed by atoms with Crippen LogP contribution in [0.3, 0.4) is 0 Å². The van der Waals surface area contributed by atoms with Crippen molar-refractivity contribution in [3.05, 3.63) is 30.2 Å². The number of hydrogen-bond donors (Lipinski definition) is 1. The summed E-state index contributed by atoms with van der Waals surface area (Å²) in [5.74, 6) is 0.751. The maximum atomic E-state index is 11.9. The second-order valence-corrected chi connectivity index (χ2v) is 3.79. The fourth-order valence-corrected chi connectivity index (χ4v) is 1.72. The van der Waals surface area contributed by atoms with Crippen molar-refractivity contribution in [2.45, 2.75) is 13.0 Å². The molecular weight excluding hydrogens is 204 g/mol. The molecule has 0 aromatic carbocycles. The molecule has 1 amide bonds. The summed E-state index contributed by atoms with van der Waals surface area (Å²) in [6.07, 6.45) is 4.87. The molecular formula is C12H16N2O2. The predicted molar refractivity (Wildman–Crippen MR) is 61.8 cm³/mol. The van der Waals surface area contributed by atoms with E-state index in [4.69, 9.17) is 4.42 Å². The van der Waals surface area contributed by atoms with E-state index in [1.165, 1.54) is 0 Å². The van der Waals surface area contributed by atoms with E-state index >= 15 is 0 Å². The van der Waals surface area contributed by atoms with Crippen LogP contribution in [0, 0.1) is 0 Å². The Morgan fingerprint density at radius 2 is 2.50 bits per heavy atom. The molecule has 1 fully saturated rings. The maximum Gasteiger partial charge on any atom is 0.247 e. The number of likely N-dealkylation sites (N-methyl/N-ethyl adjacent to an activating group) is 1. The lowest BCUT2D eigenvalue weighted by Gasteiger charge is -2.37. The van der Waals surface area contributed by atoms with Crippen LogP contribution in [-0.2, 0) is 4.79 Å². The minimum atomic E-state index is 0.0467. The molecule has 0 unspecified atom stereocenters. The van der Waals surface area contributed by atoms with E-state index in [2.05, 4.69) is 5.32 Å². The maximum absolute atomic E-state index is 11.9. The van der Waals surface area contributed by atoms with Crippen LogP contribution in [0.4, 0.5) is 0 Å². The van der Waals surface area contributed by atoms with Gasteiger partial charge in [-0.3, -0.25) is 4.79 Å². The molecule has 0 atom stereocenters. The van der Waals surface area contributed by atoms with Crippen molar-refractivity contribution >= 4 is 12.0 Å². The fourth-order valence-electron chi connectivity index (χ4n) is 1.72. The monoisotopic (exact) mass is 220 g/mol. The zero-order valence-electron chi connectivity index (χ0n) is 9.35. The molecule has 0 bridgehead atoms. The highest BCUT2D eigenvalue weighted by molar-refractivity contribution is 5.91. The van der Waals surface area contributed by atoms with Gasteiger partial charge < -0.3 is 14.6 Å². The van der Waals surface area contributed by atoms with Crippen LogP contribution in [0.15, 0.2) is 28.9 Å². The quantitative estimate of drug-likeness (QED) is 0.773. The van der Waals surface area contributed by atoms with Crippen LogP contribution in [0.2, 0.25) is 0 Å². The Kier molecular flexibility index (Phi) is 3.41. The molecule has 0 aliphatic carbocycles. The summed E-state index contributed by atoms with van der Waals surface area (Å²) in [6, 6.07) is 3.97. The first kappa shape index (κ1) is 11.0. The molecule has 86 valence electrons. The predicted octanol–water partition coefficient (Wildman–Crippen LogP) is 1.11. The first-order chi connectivity index (χ1) is 7.81. The van der Waals surface area contributed by atoms with Crippen LogP contribution in [0.5, 0.6) is 0 Å². The fraction of sp³-hybridized carbons (Fsp3) is 0.417. The van der Waals surface area contributed by atoms with E-state index in [0.717, 1.165) is 19.6 Å². The van der Waals surface area contributed by atoms with Gasteiger partial charge in [0.05, 0.1) is 12.3 Å². The van der Waals surface area contributed by atoms with Crippen LogP contribution in [0.1, 0.15) is 12.7 Å². The van der Waals surface area contributed by atoms with E-state index in [9.17, 15) is 4.79 Å². The van der Waals surface area contributed by atoms with Crippen molar-refractivity contribution in [2.24, 2.45) is 0 Å². The number of amides is 1. The Hall–Kier alpha value is -1.55. The number of hydrogen-bond acceptors (Lipinski definition) is 3. The second kappa shape index (κ2) is 4.99. The van der Waals surface area contributed by atoms with Gasteiger partial charge in [0.1, 0.15) is 5.76 Å². The van der Waals surface area contributed by atoms with Gasteiger partial charge in [0.2, 0.25) is 5.91 Å². The molecule has 0 saturated carbocycles. The lowest BCUT2D eigenvalue weighted by Crippen LogP contribution is -2.58. The number of furan rings is 1. The van der Waals surface area contributed by atoms with Crippen LogP contribution in [-0.4, -0.2) is 36.5 Å². The number of rotatable bonds is 4. The molecule has 4 nitrogen and oxygen atoms in total. The summed E-state index contributed by atoms with van der Waals surface area (Å²) in [6.45, 7) is 4.53. The van der Waals surface area contributed by atoms with Crippen molar-refractivity contribution in [2.75, 3.05) is 19.6 Å². The Bertz CT molecular complexity index is 366. The van der Waals surface area contributed by atoms with Gasteiger partial charge in [-0.15, -0.1) is 0 Å². The van der Waals surface area contributed by atoms with Gasteiger partial charge in [-0.25, -0.2) is 0 Å². The van der Waals surface area contributed by atoms with Crippen molar-refractivity contribution in [1.29, 1.82) is 0 Å². The van der Waals surface area contributed by atoms with Gasteiger partial charge in [0.15, 0.2) is 0 Å². The van der Waals surface area contributed by atoms with Gasteiger partial charge in [-0.2, -0.15) is 0 Å². The number of carbonyl (C=O) groups excluding carboxylic acids is 1.